The molecule has 0 spiro atoms. The molecule has 2 rings (SSSR count). The van der Waals surface area contributed by atoms with Gasteiger partial charge in [-0.15, -0.1) is 0 Å². The Bertz CT molecular complexity index is 430. The van der Waals surface area contributed by atoms with Crippen molar-refractivity contribution in [2.45, 2.75) is 31.9 Å². The van der Waals surface area contributed by atoms with Crippen LogP contribution in [-0.2, 0) is 20.8 Å². The first-order valence-corrected chi connectivity index (χ1v) is 7.23. The molecule has 21 heavy (non-hydrogen) atoms. The van der Waals surface area contributed by atoms with Crippen LogP contribution >= 0.6 is 0 Å². The first-order valence-electron chi connectivity index (χ1n) is 7.23. The Balaban J connectivity index is 1.56. The van der Waals surface area contributed by atoms with Gasteiger partial charge in [0.05, 0.1) is 26.4 Å². The lowest BCUT2D eigenvalue weighted by molar-refractivity contribution is -0.122. The molecule has 0 saturated carbocycles. The molecule has 1 aliphatic rings. The van der Waals surface area contributed by atoms with E-state index < -0.39 is 0 Å². The van der Waals surface area contributed by atoms with E-state index in [1.54, 1.807) is 19.4 Å². The van der Waals surface area contributed by atoms with Gasteiger partial charge in [0, 0.05) is 31.8 Å². The van der Waals surface area contributed by atoms with Gasteiger partial charge in [-0.3, -0.25) is 4.79 Å². The molecule has 1 aromatic heterocycles. The minimum Gasteiger partial charge on any atom is -0.481 e. The third-order valence-electron chi connectivity index (χ3n) is 3.30. The van der Waals surface area contributed by atoms with Crippen molar-refractivity contribution in [2.75, 3.05) is 26.9 Å². The quantitative estimate of drug-likeness (QED) is 0.732. The van der Waals surface area contributed by atoms with Crippen LogP contribution < -0.4 is 10.1 Å². The largest absolute Gasteiger partial charge is 0.481 e. The smallest absolute Gasteiger partial charge is 0.222 e. The Morgan fingerprint density at radius 1 is 1.52 bits per heavy atom. The lowest BCUT2D eigenvalue weighted by Gasteiger charge is -2.10. The Kier molecular flexibility index (Phi) is 6.43. The molecule has 2 heterocycles. The fourth-order valence-electron chi connectivity index (χ4n) is 2.08. The molecule has 1 aliphatic heterocycles. The Hall–Kier alpha value is -1.66. The molecule has 0 radical (unpaired) electrons. The van der Waals surface area contributed by atoms with Gasteiger partial charge in [-0.1, -0.05) is 6.07 Å². The van der Waals surface area contributed by atoms with E-state index in [1.807, 2.05) is 6.07 Å². The molecule has 1 aromatic rings. The van der Waals surface area contributed by atoms with Crippen molar-refractivity contribution in [3.8, 4) is 5.88 Å². The molecule has 116 valence electrons. The third-order valence-corrected chi connectivity index (χ3v) is 3.30. The van der Waals surface area contributed by atoms with E-state index in [2.05, 4.69) is 10.3 Å². The molecule has 0 aliphatic carbocycles. The van der Waals surface area contributed by atoms with Crippen molar-refractivity contribution in [3.05, 3.63) is 23.9 Å². The minimum atomic E-state index is -0.0295. The molecule has 1 N–H and O–H groups in total. The van der Waals surface area contributed by atoms with Crippen LogP contribution in [0.1, 0.15) is 24.8 Å². The average Bonchev–Trinajstić information content (AvgIpc) is 3.03. The molecule has 6 heteroatoms. The Morgan fingerprint density at radius 2 is 2.43 bits per heavy atom. The van der Waals surface area contributed by atoms with Gasteiger partial charge < -0.3 is 19.5 Å². The topological polar surface area (TPSA) is 69.7 Å². The number of hydrogen-bond acceptors (Lipinski definition) is 5. The minimum absolute atomic E-state index is 0.0295. The summed E-state index contributed by atoms with van der Waals surface area (Å²) in [6, 6.07) is 3.65. The van der Waals surface area contributed by atoms with Gasteiger partial charge in [0.25, 0.3) is 0 Å². The standard InChI is InChI=1S/C15H22N2O4/c1-19-15-5-4-12(10-17-15)9-16-14(18)6-8-20-11-13-3-2-7-21-13/h4-5,10,13H,2-3,6-9,11H2,1H3,(H,16,18)/t13-/m0/s1. The van der Waals surface area contributed by atoms with Gasteiger partial charge in [-0.25, -0.2) is 4.98 Å². The van der Waals surface area contributed by atoms with Gasteiger partial charge in [-0.2, -0.15) is 0 Å². The maximum Gasteiger partial charge on any atom is 0.222 e. The van der Waals surface area contributed by atoms with E-state index >= 15 is 0 Å². The number of aromatic nitrogens is 1. The summed E-state index contributed by atoms with van der Waals surface area (Å²) in [4.78, 5) is 15.8. The fourth-order valence-corrected chi connectivity index (χ4v) is 2.08. The number of pyridine rings is 1. The van der Waals surface area contributed by atoms with Crippen LogP contribution in [0.4, 0.5) is 0 Å². The number of amides is 1. The molecule has 0 unspecified atom stereocenters. The number of nitrogens with one attached hydrogen (secondary N) is 1. The molecule has 1 fully saturated rings. The molecular weight excluding hydrogens is 272 g/mol. The summed E-state index contributed by atoms with van der Waals surface area (Å²) in [6.07, 6.45) is 4.41. The lowest BCUT2D eigenvalue weighted by Crippen LogP contribution is -2.24. The second-order valence-electron chi connectivity index (χ2n) is 4.95. The number of carbonyl (C=O) groups excluding carboxylic acids is 1. The zero-order valence-corrected chi connectivity index (χ0v) is 12.3. The monoisotopic (exact) mass is 294 g/mol. The highest BCUT2D eigenvalue weighted by atomic mass is 16.5. The summed E-state index contributed by atoms with van der Waals surface area (Å²) in [5.41, 5.74) is 0.935. The van der Waals surface area contributed by atoms with Crippen LogP contribution in [0.3, 0.4) is 0 Å². The van der Waals surface area contributed by atoms with Crippen LogP contribution in [0, 0.1) is 0 Å². The maximum absolute atomic E-state index is 11.7. The number of hydrogen-bond donors (Lipinski definition) is 1. The lowest BCUT2D eigenvalue weighted by atomic mass is 10.2. The average molecular weight is 294 g/mol. The van der Waals surface area contributed by atoms with Gasteiger partial charge in [-0.05, 0) is 18.4 Å². The van der Waals surface area contributed by atoms with Crippen molar-refractivity contribution in [2.24, 2.45) is 0 Å². The number of carbonyl (C=O) groups is 1. The van der Waals surface area contributed by atoms with E-state index in [-0.39, 0.29) is 12.0 Å². The maximum atomic E-state index is 11.7. The fraction of sp³-hybridized carbons (Fsp3) is 0.600. The highest BCUT2D eigenvalue weighted by Gasteiger charge is 2.15. The van der Waals surface area contributed by atoms with Crippen molar-refractivity contribution in [1.29, 1.82) is 0 Å². The van der Waals surface area contributed by atoms with E-state index in [1.165, 1.54) is 0 Å². The molecular formula is C15H22N2O4. The van der Waals surface area contributed by atoms with Crippen LogP contribution in [0.5, 0.6) is 5.88 Å². The van der Waals surface area contributed by atoms with Gasteiger partial charge >= 0.3 is 0 Å². The molecule has 0 bridgehead atoms. The van der Waals surface area contributed by atoms with Gasteiger partial charge in [0.15, 0.2) is 0 Å². The number of ether oxygens (including phenoxy) is 3. The Labute approximate surface area is 124 Å². The van der Waals surface area contributed by atoms with Crippen LogP contribution in [0.15, 0.2) is 18.3 Å². The van der Waals surface area contributed by atoms with Crippen molar-refractivity contribution >= 4 is 5.91 Å². The predicted octanol–water partition coefficient (Wildman–Crippen LogP) is 1.29. The van der Waals surface area contributed by atoms with E-state index in [9.17, 15) is 4.79 Å². The summed E-state index contributed by atoms with van der Waals surface area (Å²) < 4.78 is 15.9. The summed E-state index contributed by atoms with van der Waals surface area (Å²) >= 11 is 0. The highest BCUT2D eigenvalue weighted by Crippen LogP contribution is 2.11. The third kappa shape index (κ3) is 5.69. The van der Waals surface area contributed by atoms with E-state index in [4.69, 9.17) is 14.2 Å². The number of rotatable bonds is 8. The van der Waals surface area contributed by atoms with Crippen LogP contribution in [0.2, 0.25) is 0 Å². The summed E-state index contributed by atoms with van der Waals surface area (Å²) in [7, 11) is 1.57. The zero-order chi connectivity index (χ0) is 14.9. The van der Waals surface area contributed by atoms with Crippen molar-refractivity contribution in [1.82, 2.24) is 10.3 Å². The second kappa shape index (κ2) is 8.59. The van der Waals surface area contributed by atoms with Crippen molar-refractivity contribution in [3.63, 3.8) is 0 Å². The van der Waals surface area contributed by atoms with E-state index in [0.29, 0.717) is 32.1 Å². The van der Waals surface area contributed by atoms with Gasteiger partial charge in [0.2, 0.25) is 11.8 Å². The van der Waals surface area contributed by atoms with Crippen LogP contribution in [0.25, 0.3) is 0 Å². The molecule has 1 atom stereocenters. The Morgan fingerprint density at radius 3 is 3.10 bits per heavy atom. The zero-order valence-electron chi connectivity index (χ0n) is 12.3. The number of nitrogens with zero attached hydrogens (tertiary/aromatic N) is 1. The van der Waals surface area contributed by atoms with Crippen molar-refractivity contribution < 1.29 is 19.0 Å². The number of methoxy groups -OCH3 is 1. The first-order chi connectivity index (χ1) is 10.3. The summed E-state index contributed by atoms with van der Waals surface area (Å²) in [5, 5.41) is 2.83. The predicted molar refractivity (Wildman–Crippen MR) is 77.0 cm³/mol. The molecule has 0 aromatic carbocycles. The first kappa shape index (κ1) is 15.7. The SMILES string of the molecule is COc1ccc(CNC(=O)CCOC[C@@H]2CCCO2)cn1. The van der Waals surface area contributed by atoms with E-state index in [0.717, 1.165) is 25.0 Å². The van der Waals surface area contributed by atoms with Crippen LogP contribution in [-0.4, -0.2) is 43.9 Å². The molecule has 1 saturated heterocycles. The summed E-state index contributed by atoms with van der Waals surface area (Å²) in [5.74, 6) is 0.533. The summed E-state index contributed by atoms with van der Waals surface area (Å²) in [6.45, 7) is 2.29. The normalized spacial score (nSPS) is 17.7. The van der Waals surface area contributed by atoms with Gasteiger partial charge in [0.1, 0.15) is 0 Å². The molecule has 6 nitrogen and oxygen atoms in total. The second-order valence-corrected chi connectivity index (χ2v) is 4.95. The highest BCUT2D eigenvalue weighted by molar-refractivity contribution is 5.75. The molecule has 1 amide bonds.